The van der Waals surface area contributed by atoms with Gasteiger partial charge < -0.3 is 20.5 Å². The Bertz CT molecular complexity index is 557. The molecule has 0 saturated carbocycles. The molecule has 3 atom stereocenters. The Morgan fingerprint density at radius 1 is 1.48 bits per heavy atom. The third-order valence-corrected chi connectivity index (χ3v) is 4.29. The molecule has 1 saturated heterocycles. The number of carbonyl (C=O) groups is 2. The summed E-state index contributed by atoms with van der Waals surface area (Å²) in [7, 11) is 1.58. The Morgan fingerprint density at radius 3 is 2.48 bits per heavy atom. The van der Waals surface area contributed by atoms with Crippen LogP contribution in [0.4, 0.5) is 0 Å². The van der Waals surface area contributed by atoms with Gasteiger partial charge in [-0.05, 0) is 31.5 Å². The molecule has 3 N–H and O–H groups in total. The Hall–Kier alpha value is -2.08. The first-order chi connectivity index (χ1) is 9.81. The van der Waals surface area contributed by atoms with E-state index in [4.69, 9.17) is 10.5 Å². The highest BCUT2D eigenvalue weighted by atomic mass is 16.5. The van der Waals surface area contributed by atoms with Crippen molar-refractivity contribution in [1.29, 1.82) is 0 Å². The molecule has 0 unspecified atom stereocenters. The van der Waals surface area contributed by atoms with Crippen LogP contribution in [0.15, 0.2) is 24.3 Å². The molecule has 1 amide bonds. The molecule has 114 valence electrons. The summed E-state index contributed by atoms with van der Waals surface area (Å²) >= 11 is 0. The van der Waals surface area contributed by atoms with Gasteiger partial charge in [-0.3, -0.25) is 9.59 Å². The predicted molar refractivity (Wildman–Crippen MR) is 76.8 cm³/mol. The van der Waals surface area contributed by atoms with Crippen molar-refractivity contribution in [3.63, 3.8) is 0 Å². The number of carboxylic acids is 1. The lowest BCUT2D eigenvalue weighted by atomic mass is 9.86. The number of carbonyl (C=O) groups excluding carboxylic acids is 1. The van der Waals surface area contributed by atoms with Crippen LogP contribution in [0, 0.1) is 5.41 Å². The number of likely N-dealkylation sites (tertiary alicyclic amines) is 1. The van der Waals surface area contributed by atoms with E-state index in [9.17, 15) is 14.7 Å². The third kappa shape index (κ3) is 2.47. The number of methoxy groups -OCH3 is 1. The molecule has 1 aromatic rings. The number of hydrogen-bond acceptors (Lipinski definition) is 4. The maximum absolute atomic E-state index is 12.3. The molecule has 1 aliphatic heterocycles. The lowest BCUT2D eigenvalue weighted by Gasteiger charge is -2.26. The zero-order valence-electron chi connectivity index (χ0n) is 12.4. The molecule has 1 aliphatic rings. The predicted octanol–water partition coefficient (Wildman–Crippen LogP) is 1.02. The number of benzene rings is 1. The molecule has 6 heteroatoms. The van der Waals surface area contributed by atoms with Crippen LogP contribution in [-0.4, -0.2) is 41.6 Å². The summed E-state index contributed by atoms with van der Waals surface area (Å²) in [5, 5.41) is 9.32. The maximum Gasteiger partial charge on any atom is 0.313 e. The van der Waals surface area contributed by atoms with Crippen molar-refractivity contribution in [2.75, 3.05) is 13.7 Å². The number of nitrogens with zero attached hydrogens (tertiary/aromatic N) is 1. The molecule has 0 spiro atoms. The van der Waals surface area contributed by atoms with Gasteiger partial charge in [-0.2, -0.15) is 0 Å². The number of ether oxygens (including phenoxy) is 1. The van der Waals surface area contributed by atoms with Crippen LogP contribution in [0.25, 0.3) is 0 Å². The highest BCUT2D eigenvalue weighted by Gasteiger charge is 2.53. The van der Waals surface area contributed by atoms with E-state index in [2.05, 4.69) is 0 Å². The van der Waals surface area contributed by atoms with Gasteiger partial charge >= 0.3 is 5.97 Å². The summed E-state index contributed by atoms with van der Waals surface area (Å²) in [5.74, 6) is -0.651. The molecule has 1 aromatic carbocycles. The number of nitrogens with two attached hydrogens (primary N) is 1. The molecule has 0 radical (unpaired) electrons. The highest BCUT2D eigenvalue weighted by Crippen LogP contribution is 2.36. The van der Waals surface area contributed by atoms with E-state index >= 15 is 0 Å². The zero-order valence-corrected chi connectivity index (χ0v) is 12.4. The molecule has 1 fully saturated rings. The summed E-state index contributed by atoms with van der Waals surface area (Å²) in [4.78, 5) is 25.2. The molecular formula is C15H20N2O4. The molecular weight excluding hydrogens is 272 g/mol. The minimum Gasteiger partial charge on any atom is -0.497 e. The van der Waals surface area contributed by atoms with Crippen molar-refractivity contribution in [3.05, 3.63) is 29.8 Å². The van der Waals surface area contributed by atoms with Gasteiger partial charge in [0.2, 0.25) is 5.91 Å². The van der Waals surface area contributed by atoms with Gasteiger partial charge in [0, 0.05) is 6.54 Å². The van der Waals surface area contributed by atoms with E-state index in [1.54, 1.807) is 7.11 Å². The first kappa shape index (κ1) is 15.3. The molecule has 2 rings (SSSR count). The van der Waals surface area contributed by atoms with Crippen LogP contribution >= 0.6 is 0 Å². The first-order valence-electron chi connectivity index (χ1n) is 6.74. The number of aliphatic carboxylic acids is 1. The Labute approximate surface area is 123 Å². The SMILES string of the molecule is COc1ccc([C@H](C)N2C[C@@](C)(C(=O)O)[C@H](N)C2=O)cc1. The van der Waals surface area contributed by atoms with Crippen molar-refractivity contribution >= 4 is 11.9 Å². The second kappa shape index (κ2) is 5.37. The van der Waals surface area contributed by atoms with Gasteiger partial charge in [0.05, 0.1) is 13.2 Å². The lowest BCUT2D eigenvalue weighted by Crippen LogP contribution is -2.46. The normalized spacial score (nSPS) is 26.8. The van der Waals surface area contributed by atoms with Crippen LogP contribution in [0.2, 0.25) is 0 Å². The topological polar surface area (TPSA) is 92.9 Å². The minimum absolute atomic E-state index is 0.107. The van der Waals surface area contributed by atoms with Crippen LogP contribution in [0.5, 0.6) is 5.75 Å². The van der Waals surface area contributed by atoms with E-state index in [-0.39, 0.29) is 18.5 Å². The third-order valence-electron chi connectivity index (χ3n) is 4.29. The number of amides is 1. The van der Waals surface area contributed by atoms with Gasteiger partial charge in [-0.15, -0.1) is 0 Å². The van der Waals surface area contributed by atoms with Crippen LogP contribution in [0.3, 0.4) is 0 Å². The van der Waals surface area contributed by atoms with Crippen molar-refractivity contribution in [3.8, 4) is 5.75 Å². The number of carboxylic acid groups (broad SMARTS) is 1. The largest absolute Gasteiger partial charge is 0.497 e. The van der Waals surface area contributed by atoms with Crippen LogP contribution in [0.1, 0.15) is 25.5 Å². The first-order valence-corrected chi connectivity index (χ1v) is 6.74. The number of hydrogen-bond donors (Lipinski definition) is 2. The summed E-state index contributed by atoms with van der Waals surface area (Å²) in [6.45, 7) is 3.48. The van der Waals surface area contributed by atoms with Gasteiger partial charge in [0.1, 0.15) is 17.2 Å². The average molecular weight is 292 g/mol. The molecule has 6 nitrogen and oxygen atoms in total. The van der Waals surface area contributed by atoms with E-state index in [1.807, 2.05) is 31.2 Å². The fourth-order valence-corrected chi connectivity index (χ4v) is 2.57. The fraction of sp³-hybridized carbons (Fsp3) is 0.467. The van der Waals surface area contributed by atoms with Crippen molar-refractivity contribution < 1.29 is 19.4 Å². The second-order valence-electron chi connectivity index (χ2n) is 5.62. The summed E-state index contributed by atoms with van der Waals surface area (Å²) < 4.78 is 5.10. The Morgan fingerprint density at radius 2 is 2.05 bits per heavy atom. The Balaban J connectivity index is 2.25. The molecule has 21 heavy (non-hydrogen) atoms. The summed E-state index contributed by atoms with van der Waals surface area (Å²) in [6, 6.07) is 6.08. The summed E-state index contributed by atoms with van der Waals surface area (Å²) in [5.41, 5.74) is 5.47. The average Bonchev–Trinajstić information content (AvgIpc) is 2.72. The monoisotopic (exact) mass is 292 g/mol. The molecule has 0 bridgehead atoms. The quantitative estimate of drug-likeness (QED) is 0.864. The smallest absolute Gasteiger partial charge is 0.313 e. The van der Waals surface area contributed by atoms with Gasteiger partial charge in [0.15, 0.2) is 0 Å². The van der Waals surface area contributed by atoms with Gasteiger partial charge in [-0.25, -0.2) is 0 Å². The van der Waals surface area contributed by atoms with Gasteiger partial charge in [0.25, 0.3) is 0 Å². The van der Waals surface area contributed by atoms with Crippen LogP contribution in [-0.2, 0) is 9.59 Å². The molecule has 0 aliphatic carbocycles. The number of rotatable bonds is 4. The molecule has 1 heterocycles. The van der Waals surface area contributed by atoms with Crippen LogP contribution < -0.4 is 10.5 Å². The Kier molecular flexibility index (Phi) is 3.91. The van der Waals surface area contributed by atoms with E-state index in [1.165, 1.54) is 11.8 Å². The maximum atomic E-state index is 12.3. The van der Waals surface area contributed by atoms with E-state index < -0.39 is 17.4 Å². The van der Waals surface area contributed by atoms with Crippen molar-refractivity contribution in [2.24, 2.45) is 11.1 Å². The standard InChI is InChI=1S/C15H20N2O4/c1-9(10-4-6-11(21-3)7-5-10)17-8-15(2,14(19)20)12(16)13(17)18/h4-7,9,12H,8,16H2,1-3H3,(H,19,20)/t9-,12+,15+/m0/s1. The van der Waals surface area contributed by atoms with Crippen molar-refractivity contribution in [1.82, 2.24) is 4.90 Å². The molecule has 0 aromatic heterocycles. The lowest BCUT2D eigenvalue weighted by molar-refractivity contribution is -0.148. The zero-order chi connectivity index (χ0) is 15.8. The highest BCUT2D eigenvalue weighted by molar-refractivity contribution is 5.93. The minimum atomic E-state index is -1.25. The van der Waals surface area contributed by atoms with E-state index in [0.29, 0.717) is 0 Å². The van der Waals surface area contributed by atoms with E-state index in [0.717, 1.165) is 11.3 Å². The summed E-state index contributed by atoms with van der Waals surface area (Å²) in [6.07, 6.45) is 0. The van der Waals surface area contributed by atoms with Gasteiger partial charge in [-0.1, -0.05) is 12.1 Å². The fourth-order valence-electron chi connectivity index (χ4n) is 2.57. The second-order valence-corrected chi connectivity index (χ2v) is 5.62. The van der Waals surface area contributed by atoms with Crippen molar-refractivity contribution in [2.45, 2.75) is 25.9 Å².